The van der Waals surface area contributed by atoms with Gasteiger partial charge in [0.15, 0.2) is 0 Å². The van der Waals surface area contributed by atoms with Crippen molar-refractivity contribution >= 4 is 12.2 Å². The second-order valence-electron chi connectivity index (χ2n) is 7.71. The van der Waals surface area contributed by atoms with Gasteiger partial charge in [-0.05, 0) is 39.2 Å². The van der Waals surface area contributed by atoms with Crippen LogP contribution in [0.3, 0.4) is 0 Å². The van der Waals surface area contributed by atoms with Crippen molar-refractivity contribution in [2.75, 3.05) is 13.1 Å². The number of alkyl carbamates (subject to hydrolysis) is 1. The molecule has 9 nitrogen and oxygen atoms in total. The Morgan fingerprint density at radius 1 is 1.32 bits per heavy atom. The smallest absolute Gasteiger partial charge is 0.410 e. The number of benzene rings is 1. The molecule has 9 heteroatoms. The molecule has 0 aromatic heterocycles. The molecular formula is C19H27N3O6. The maximum atomic E-state index is 12.5. The van der Waals surface area contributed by atoms with Crippen LogP contribution in [0.25, 0.3) is 0 Å². The van der Waals surface area contributed by atoms with Crippen molar-refractivity contribution in [2.24, 2.45) is 0 Å². The van der Waals surface area contributed by atoms with Gasteiger partial charge < -0.3 is 19.7 Å². The number of amides is 2. The summed E-state index contributed by atoms with van der Waals surface area (Å²) in [4.78, 5) is 36.7. The Morgan fingerprint density at radius 2 is 2.00 bits per heavy atom. The minimum atomic E-state index is -0.864. The van der Waals surface area contributed by atoms with Gasteiger partial charge in [-0.1, -0.05) is 30.3 Å². The molecule has 1 heterocycles. The van der Waals surface area contributed by atoms with Gasteiger partial charge >= 0.3 is 12.2 Å². The third-order valence-corrected chi connectivity index (χ3v) is 4.25. The minimum Gasteiger partial charge on any atom is -0.445 e. The molecule has 1 aromatic carbocycles. The number of nitrogens with zero attached hydrogens (tertiary/aromatic N) is 2. The molecule has 28 heavy (non-hydrogen) atoms. The van der Waals surface area contributed by atoms with Crippen LogP contribution in [0.4, 0.5) is 9.59 Å². The predicted molar refractivity (Wildman–Crippen MR) is 101 cm³/mol. The lowest BCUT2D eigenvalue weighted by atomic mass is 10.1. The number of carbonyl (C=O) groups is 2. The van der Waals surface area contributed by atoms with Crippen LogP contribution >= 0.6 is 0 Å². The largest absolute Gasteiger partial charge is 0.445 e. The van der Waals surface area contributed by atoms with E-state index in [1.807, 2.05) is 30.3 Å². The van der Waals surface area contributed by atoms with E-state index in [0.29, 0.717) is 19.4 Å². The number of hydrogen-bond acceptors (Lipinski definition) is 6. The van der Waals surface area contributed by atoms with Gasteiger partial charge in [0.2, 0.25) is 6.54 Å². The number of rotatable bonds is 6. The quantitative estimate of drug-likeness (QED) is 0.587. The van der Waals surface area contributed by atoms with Gasteiger partial charge in [-0.3, -0.25) is 10.1 Å². The molecular weight excluding hydrogens is 366 g/mol. The molecule has 2 amide bonds. The predicted octanol–water partition coefficient (Wildman–Crippen LogP) is 2.96. The van der Waals surface area contributed by atoms with E-state index in [2.05, 4.69) is 5.32 Å². The van der Waals surface area contributed by atoms with E-state index in [4.69, 9.17) is 9.47 Å². The first kappa shape index (κ1) is 21.5. The maximum absolute atomic E-state index is 12.5. The van der Waals surface area contributed by atoms with Gasteiger partial charge in [0, 0.05) is 11.5 Å². The highest BCUT2D eigenvalue weighted by Crippen LogP contribution is 2.22. The number of hydrogen-bond donors (Lipinski definition) is 1. The molecule has 0 spiro atoms. The Balaban J connectivity index is 2.03. The van der Waals surface area contributed by atoms with E-state index in [-0.39, 0.29) is 6.61 Å². The lowest BCUT2D eigenvalue weighted by Gasteiger charge is -2.30. The van der Waals surface area contributed by atoms with Crippen LogP contribution in [0, 0.1) is 10.1 Å². The Bertz CT molecular complexity index is 689. The van der Waals surface area contributed by atoms with Crippen LogP contribution in [-0.2, 0) is 16.1 Å². The van der Waals surface area contributed by atoms with E-state index < -0.39 is 41.3 Å². The van der Waals surface area contributed by atoms with Gasteiger partial charge in [-0.25, -0.2) is 9.59 Å². The third kappa shape index (κ3) is 6.71. The molecule has 154 valence electrons. The molecule has 0 radical (unpaired) electrons. The summed E-state index contributed by atoms with van der Waals surface area (Å²) in [5.74, 6) is 0. The minimum absolute atomic E-state index is 0.113. The molecule has 1 saturated heterocycles. The summed E-state index contributed by atoms with van der Waals surface area (Å²) >= 11 is 0. The summed E-state index contributed by atoms with van der Waals surface area (Å²) in [6.45, 7) is 5.14. The molecule has 1 fully saturated rings. The molecule has 1 aliphatic rings. The monoisotopic (exact) mass is 393 g/mol. The van der Waals surface area contributed by atoms with Crippen molar-refractivity contribution in [3.05, 3.63) is 46.0 Å². The summed E-state index contributed by atoms with van der Waals surface area (Å²) in [5.41, 5.74) is 0.119. The highest BCUT2D eigenvalue weighted by Gasteiger charge is 2.39. The van der Waals surface area contributed by atoms with E-state index in [0.717, 1.165) is 5.56 Å². The van der Waals surface area contributed by atoms with Crippen molar-refractivity contribution < 1.29 is 24.0 Å². The zero-order valence-electron chi connectivity index (χ0n) is 16.4. The van der Waals surface area contributed by atoms with E-state index in [1.54, 1.807) is 20.8 Å². The van der Waals surface area contributed by atoms with E-state index in [1.165, 1.54) is 4.90 Å². The highest BCUT2D eigenvalue weighted by molar-refractivity contribution is 5.70. The van der Waals surface area contributed by atoms with Crippen molar-refractivity contribution in [3.8, 4) is 0 Å². The number of ether oxygens (including phenoxy) is 2. The number of likely N-dealkylation sites (tertiary alicyclic amines) is 1. The Kier molecular flexibility index (Phi) is 7.19. The van der Waals surface area contributed by atoms with E-state index >= 15 is 0 Å². The first-order valence-electron chi connectivity index (χ1n) is 9.24. The van der Waals surface area contributed by atoms with Crippen LogP contribution in [0.5, 0.6) is 0 Å². The molecule has 0 aliphatic carbocycles. The summed E-state index contributed by atoms with van der Waals surface area (Å²) in [7, 11) is 0. The SMILES string of the molecule is CC(C)(C)OC(=O)N[C@H](C[N+](=O)[O-])[C@@H]1CCCN1C(=O)OCc1ccccc1. The highest BCUT2D eigenvalue weighted by atomic mass is 16.6. The van der Waals surface area contributed by atoms with Crippen molar-refractivity contribution in [2.45, 2.75) is 57.9 Å². The van der Waals surface area contributed by atoms with Crippen molar-refractivity contribution in [1.82, 2.24) is 10.2 Å². The average Bonchev–Trinajstić information content (AvgIpc) is 3.07. The third-order valence-electron chi connectivity index (χ3n) is 4.25. The normalized spacial score (nSPS) is 17.7. The molecule has 1 aliphatic heterocycles. The maximum Gasteiger partial charge on any atom is 0.410 e. The molecule has 0 saturated carbocycles. The van der Waals surface area contributed by atoms with Crippen molar-refractivity contribution in [1.29, 1.82) is 0 Å². The Hall–Kier alpha value is -2.84. The van der Waals surface area contributed by atoms with Crippen LogP contribution in [-0.4, -0.2) is 52.8 Å². The fourth-order valence-electron chi connectivity index (χ4n) is 3.12. The summed E-state index contributed by atoms with van der Waals surface area (Å²) in [6.07, 6.45) is -0.0844. The fraction of sp³-hybridized carbons (Fsp3) is 0.579. The van der Waals surface area contributed by atoms with Crippen LogP contribution < -0.4 is 5.32 Å². The van der Waals surface area contributed by atoms with E-state index in [9.17, 15) is 19.7 Å². The molecule has 0 unspecified atom stereocenters. The van der Waals surface area contributed by atoms with Crippen LogP contribution in [0.15, 0.2) is 30.3 Å². The molecule has 2 rings (SSSR count). The second-order valence-corrected chi connectivity index (χ2v) is 7.71. The lowest BCUT2D eigenvalue weighted by molar-refractivity contribution is -0.484. The Morgan fingerprint density at radius 3 is 2.61 bits per heavy atom. The number of carbonyl (C=O) groups excluding carboxylic acids is 2. The molecule has 1 aromatic rings. The van der Waals surface area contributed by atoms with Crippen molar-refractivity contribution in [3.63, 3.8) is 0 Å². The standard InChI is InChI=1S/C19H27N3O6/c1-19(2,3)28-17(23)20-15(12-22(25)26)16-10-7-11-21(16)18(24)27-13-14-8-5-4-6-9-14/h4-6,8-9,15-16H,7,10-13H2,1-3H3,(H,20,23)/t15-,16+/m1/s1. The van der Waals surface area contributed by atoms with Gasteiger partial charge in [0.1, 0.15) is 18.2 Å². The Labute approximate surface area is 164 Å². The average molecular weight is 393 g/mol. The first-order chi connectivity index (χ1) is 13.2. The van der Waals surface area contributed by atoms with Gasteiger partial charge in [0.05, 0.1) is 6.04 Å². The lowest BCUT2D eigenvalue weighted by Crippen LogP contribution is -2.54. The number of nitro groups is 1. The zero-order valence-corrected chi connectivity index (χ0v) is 16.4. The van der Waals surface area contributed by atoms with Crippen LogP contribution in [0.2, 0.25) is 0 Å². The summed E-state index contributed by atoms with van der Waals surface area (Å²) in [6, 6.07) is 7.85. The fourth-order valence-corrected chi connectivity index (χ4v) is 3.12. The molecule has 2 atom stereocenters. The molecule has 1 N–H and O–H groups in total. The number of nitrogens with one attached hydrogen (secondary N) is 1. The second kappa shape index (κ2) is 9.38. The van der Waals surface area contributed by atoms with Gasteiger partial charge in [-0.15, -0.1) is 0 Å². The zero-order chi connectivity index (χ0) is 20.7. The molecule has 0 bridgehead atoms. The summed E-state index contributed by atoms with van der Waals surface area (Å²) in [5, 5.41) is 13.7. The topological polar surface area (TPSA) is 111 Å². The van der Waals surface area contributed by atoms with Crippen LogP contribution in [0.1, 0.15) is 39.2 Å². The van der Waals surface area contributed by atoms with Gasteiger partial charge in [0.25, 0.3) is 0 Å². The summed E-state index contributed by atoms with van der Waals surface area (Å²) < 4.78 is 10.6. The first-order valence-corrected chi connectivity index (χ1v) is 9.24. The van der Waals surface area contributed by atoms with Gasteiger partial charge in [-0.2, -0.15) is 0 Å².